The summed E-state index contributed by atoms with van der Waals surface area (Å²) in [6, 6.07) is 3.88. The zero-order valence-corrected chi connectivity index (χ0v) is 9.68. The lowest BCUT2D eigenvalue weighted by atomic mass is 9.96. The van der Waals surface area contributed by atoms with Gasteiger partial charge in [0.05, 0.1) is 11.5 Å². The van der Waals surface area contributed by atoms with E-state index in [1.807, 2.05) is 12.1 Å². The predicted octanol–water partition coefficient (Wildman–Crippen LogP) is 2.82. The molecule has 1 atom stereocenters. The van der Waals surface area contributed by atoms with Gasteiger partial charge in [0.1, 0.15) is 10.8 Å². The molecule has 1 aromatic heterocycles. The van der Waals surface area contributed by atoms with Crippen LogP contribution in [-0.2, 0) is 11.2 Å². The number of nitrogens with zero attached hydrogens (tertiary/aromatic N) is 1. The maximum Gasteiger partial charge on any atom is 0.132 e. The first-order valence-electron chi connectivity index (χ1n) is 5.08. The summed E-state index contributed by atoms with van der Waals surface area (Å²) in [5, 5.41) is 0.563. The standard InChI is InChI=1S/C11H11Cl2NO/c12-9-8(2-1-5-14-9)6-11(7-15-11)10(13)3-4-10/h1-2,5H,3-4,6-7H2. The van der Waals surface area contributed by atoms with Crippen molar-refractivity contribution < 1.29 is 4.74 Å². The van der Waals surface area contributed by atoms with Gasteiger partial charge in [-0.15, -0.1) is 11.6 Å². The molecule has 1 aromatic rings. The van der Waals surface area contributed by atoms with E-state index in [9.17, 15) is 0 Å². The number of alkyl halides is 1. The summed E-state index contributed by atoms with van der Waals surface area (Å²) >= 11 is 12.4. The van der Waals surface area contributed by atoms with Crippen LogP contribution in [0.4, 0.5) is 0 Å². The monoisotopic (exact) mass is 243 g/mol. The van der Waals surface area contributed by atoms with Crippen LogP contribution < -0.4 is 0 Å². The lowest BCUT2D eigenvalue weighted by molar-refractivity contribution is 0.284. The zero-order valence-electron chi connectivity index (χ0n) is 8.17. The fraction of sp³-hybridized carbons (Fsp3) is 0.545. The van der Waals surface area contributed by atoms with Gasteiger partial charge in [-0.25, -0.2) is 4.98 Å². The minimum absolute atomic E-state index is 0.133. The summed E-state index contributed by atoms with van der Waals surface area (Å²) in [5.41, 5.74) is 0.866. The minimum atomic E-state index is -0.165. The zero-order chi connectivity index (χ0) is 10.5. The Morgan fingerprint density at radius 3 is 2.73 bits per heavy atom. The third kappa shape index (κ3) is 1.55. The van der Waals surface area contributed by atoms with E-state index in [0.717, 1.165) is 31.4 Å². The third-order valence-electron chi connectivity index (χ3n) is 3.31. The van der Waals surface area contributed by atoms with Crippen LogP contribution in [0.3, 0.4) is 0 Å². The Bertz CT molecular complexity index is 399. The first-order chi connectivity index (χ1) is 7.15. The van der Waals surface area contributed by atoms with Crippen molar-refractivity contribution in [3.8, 4) is 0 Å². The van der Waals surface area contributed by atoms with Gasteiger partial charge in [-0.3, -0.25) is 0 Å². The van der Waals surface area contributed by atoms with Crippen LogP contribution in [0.5, 0.6) is 0 Å². The average molecular weight is 244 g/mol. The molecule has 0 spiro atoms. The Labute approximate surface area is 98.5 Å². The van der Waals surface area contributed by atoms with Crippen molar-refractivity contribution in [1.82, 2.24) is 4.98 Å². The maximum absolute atomic E-state index is 6.41. The smallest absolute Gasteiger partial charge is 0.132 e. The maximum atomic E-state index is 6.41. The predicted molar refractivity (Wildman–Crippen MR) is 59.5 cm³/mol. The van der Waals surface area contributed by atoms with Crippen LogP contribution in [0.15, 0.2) is 18.3 Å². The highest BCUT2D eigenvalue weighted by molar-refractivity contribution is 6.30. The van der Waals surface area contributed by atoms with Crippen LogP contribution in [-0.4, -0.2) is 22.1 Å². The van der Waals surface area contributed by atoms with E-state index in [-0.39, 0.29) is 10.5 Å². The Balaban J connectivity index is 1.84. The van der Waals surface area contributed by atoms with Gasteiger partial charge in [-0.05, 0) is 24.5 Å². The van der Waals surface area contributed by atoms with Gasteiger partial charge in [-0.1, -0.05) is 17.7 Å². The highest BCUT2D eigenvalue weighted by Crippen LogP contribution is 2.59. The second kappa shape index (κ2) is 3.09. The van der Waals surface area contributed by atoms with Crippen molar-refractivity contribution in [3.63, 3.8) is 0 Å². The fourth-order valence-electron chi connectivity index (χ4n) is 2.03. The number of ether oxygens (including phenoxy) is 1. The highest BCUT2D eigenvalue weighted by Gasteiger charge is 2.66. The number of aromatic nitrogens is 1. The molecule has 1 saturated carbocycles. The molecule has 15 heavy (non-hydrogen) atoms. The summed E-state index contributed by atoms with van der Waals surface area (Å²) in [4.78, 5) is 3.93. The molecule has 2 aliphatic rings. The molecule has 0 radical (unpaired) electrons. The molecule has 0 aromatic carbocycles. The van der Waals surface area contributed by atoms with Crippen molar-refractivity contribution in [2.45, 2.75) is 29.7 Å². The lowest BCUT2D eigenvalue weighted by Crippen LogP contribution is -2.29. The van der Waals surface area contributed by atoms with Crippen LogP contribution in [0.25, 0.3) is 0 Å². The number of epoxide rings is 1. The quantitative estimate of drug-likeness (QED) is 0.464. The molecular formula is C11H11Cl2NO. The summed E-state index contributed by atoms with van der Waals surface area (Å²) in [6.45, 7) is 0.752. The summed E-state index contributed by atoms with van der Waals surface area (Å²) < 4.78 is 5.56. The number of rotatable bonds is 3. The van der Waals surface area contributed by atoms with Gasteiger partial charge in [-0.2, -0.15) is 0 Å². The average Bonchev–Trinajstić information content (AvgIpc) is 3.08. The topological polar surface area (TPSA) is 25.4 Å². The largest absolute Gasteiger partial charge is 0.367 e. The number of hydrogen-bond donors (Lipinski definition) is 0. The van der Waals surface area contributed by atoms with Crippen LogP contribution in [0.2, 0.25) is 5.15 Å². The molecule has 0 N–H and O–H groups in total. The molecule has 4 heteroatoms. The molecule has 1 aliphatic heterocycles. The Morgan fingerprint density at radius 2 is 2.20 bits per heavy atom. The van der Waals surface area contributed by atoms with Crippen molar-refractivity contribution in [2.24, 2.45) is 0 Å². The van der Waals surface area contributed by atoms with Gasteiger partial charge in [0, 0.05) is 12.6 Å². The minimum Gasteiger partial charge on any atom is -0.367 e. The van der Waals surface area contributed by atoms with E-state index in [4.69, 9.17) is 27.9 Å². The van der Waals surface area contributed by atoms with Gasteiger partial charge < -0.3 is 4.74 Å². The fourth-order valence-corrected chi connectivity index (χ4v) is 2.49. The normalized spacial score (nSPS) is 31.3. The van der Waals surface area contributed by atoms with Crippen LogP contribution in [0, 0.1) is 0 Å². The first-order valence-corrected chi connectivity index (χ1v) is 5.83. The summed E-state index contributed by atoms with van der Waals surface area (Å²) in [5.74, 6) is 0. The van der Waals surface area contributed by atoms with Crippen molar-refractivity contribution >= 4 is 23.2 Å². The second-order valence-corrected chi connectivity index (χ2v) is 5.46. The van der Waals surface area contributed by atoms with Crippen molar-refractivity contribution in [2.75, 3.05) is 6.61 Å². The molecule has 0 amide bonds. The van der Waals surface area contributed by atoms with Gasteiger partial charge in [0.2, 0.25) is 0 Å². The summed E-state index contributed by atoms with van der Waals surface area (Å²) in [7, 11) is 0. The molecule has 1 aliphatic carbocycles. The molecule has 3 rings (SSSR count). The Kier molecular flexibility index (Phi) is 2.04. The number of hydrogen-bond acceptors (Lipinski definition) is 2. The molecule has 1 saturated heterocycles. The Hall–Kier alpha value is -0.310. The van der Waals surface area contributed by atoms with Gasteiger partial charge >= 0.3 is 0 Å². The van der Waals surface area contributed by atoms with Gasteiger partial charge in [0.15, 0.2) is 0 Å². The molecule has 2 fully saturated rings. The van der Waals surface area contributed by atoms with E-state index >= 15 is 0 Å². The molecule has 2 nitrogen and oxygen atoms in total. The molecule has 0 bridgehead atoms. The third-order valence-corrected chi connectivity index (χ3v) is 4.37. The van der Waals surface area contributed by atoms with E-state index in [1.165, 1.54) is 0 Å². The Morgan fingerprint density at radius 1 is 1.47 bits per heavy atom. The lowest BCUT2D eigenvalue weighted by Gasteiger charge is -2.17. The molecule has 80 valence electrons. The first kappa shape index (κ1) is 9.88. The number of pyridine rings is 1. The van der Waals surface area contributed by atoms with Crippen LogP contribution in [0.1, 0.15) is 18.4 Å². The number of halogens is 2. The molecule has 1 unspecified atom stereocenters. The van der Waals surface area contributed by atoms with Gasteiger partial charge in [0.25, 0.3) is 0 Å². The van der Waals surface area contributed by atoms with E-state index in [2.05, 4.69) is 4.98 Å². The van der Waals surface area contributed by atoms with E-state index < -0.39 is 0 Å². The summed E-state index contributed by atoms with van der Waals surface area (Å²) in [6.07, 6.45) is 4.57. The molecule has 2 heterocycles. The van der Waals surface area contributed by atoms with Crippen LogP contribution >= 0.6 is 23.2 Å². The van der Waals surface area contributed by atoms with Crippen molar-refractivity contribution in [1.29, 1.82) is 0 Å². The SMILES string of the molecule is Clc1ncccc1CC1(C2(Cl)CC2)CO1. The molecular weight excluding hydrogens is 233 g/mol. The van der Waals surface area contributed by atoms with E-state index in [0.29, 0.717) is 5.15 Å². The highest BCUT2D eigenvalue weighted by atomic mass is 35.5. The van der Waals surface area contributed by atoms with Crippen molar-refractivity contribution in [3.05, 3.63) is 29.0 Å². The van der Waals surface area contributed by atoms with E-state index in [1.54, 1.807) is 6.20 Å². The second-order valence-electron chi connectivity index (χ2n) is 4.38.